The van der Waals surface area contributed by atoms with Gasteiger partial charge in [0.1, 0.15) is 0 Å². The highest BCUT2D eigenvalue weighted by Crippen LogP contribution is 2.12. The predicted molar refractivity (Wildman–Crippen MR) is 67.8 cm³/mol. The first-order chi connectivity index (χ1) is 8.70. The van der Waals surface area contributed by atoms with Crippen LogP contribution in [0.15, 0.2) is 36.8 Å². The number of ether oxygens (including phenoxy) is 1. The molecule has 4 heteroatoms. The molecule has 0 amide bonds. The number of methoxy groups -OCH3 is 1. The number of aromatic nitrogens is 2. The normalized spacial score (nSPS) is 10.1. The highest BCUT2D eigenvalue weighted by Gasteiger charge is 2.10. The molecule has 0 unspecified atom stereocenters. The van der Waals surface area contributed by atoms with Crippen molar-refractivity contribution in [3.05, 3.63) is 53.5 Å². The lowest BCUT2D eigenvalue weighted by molar-refractivity contribution is 0.0992. The van der Waals surface area contributed by atoms with Crippen LogP contribution in [-0.2, 0) is 6.42 Å². The van der Waals surface area contributed by atoms with Gasteiger partial charge in [0, 0.05) is 36.6 Å². The number of Topliss-reactive ketones (excluding diaryl/α,β-unsaturated/α-hetero) is 1. The van der Waals surface area contributed by atoms with Crippen LogP contribution in [0.4, 0.5) is 0 Å². The molecule has 18 heavy (non-hydrogen) atoms. The van der Waals surface area contributed by atoms with Crippen molar-refractivity contribution >= 4 is 5.78 Å². The first kappa shape index (κ1) is 12.2. The third kappa shape index (κ3) is 2.71. The molecule has 2 aromatic heterocycles. The first-order valence-corrected chi connectivity index (χ1v) is 5.63. The Morgan fingerprint density at radius 2 is 2.11 bits per heavy atom. The van der Waals surface area contributed by atoms with E-state index in [1.807, 2.05) is 19.1 Å². The fourth-order valence-corrected chi connectivity index (χ4v) is 1.67. The predicted octanol–water partition coefficient (Wildman–Crippen LogP) is 2.22. The second-order valence-electron chi connectivity index (χ2n) is 4.00. The fourth-order valence-electron chi connectivity index (χ4n) is 1.67. The molecule has 0 radical (unpaired) electrons. The average molecular weight is 242 g/mol. The average Bonchev–Trinajstić information content (AvgIpc) is 2.40. The van der Waals surface area contributed by atoms with Gasteiger partial charge in [-0.1, -0.05) is 6.07 Å². The smallest absolute Gasteiger partial charge is 0.212 e. The first-order valence-electron chi connectivity index (χ1n) is 5.63. The lowest BCUT2D eigenvalue weighted by atomic mass is 10.0. The minimum absolute atomic E-state index is 0.0487. The molecule has 0 atom stereocenters. The van der Waals surface area contributed by atoms with E-state index in [2.05, 4.69) is 9.97 Å². The highest BCUT2D eigenvalue weighted by atomic mass is 16.5. The largest absolute Gasteiger partial charge is 0.481 e. The Morgan fingerprint density at radius 3 is 2.72 bits per heavy atom. The summed E-state index contributed by atoms with van der Waals surface area (Å²) in [5, 5.41) is 0. The maximum atomic E-state index is 12.1. The number of ketones is 1. The molecule has 0 aliphatic carbocycles. The van der Waals surface area contributed by atoms with Crippen LogP contribution in [0, 0.1) is 6.92 Å². The summed E-state index contributed by atoms with van der Waals surface area (Å²) in [5.74, 6) is 0.594. The van der Waals surface area contributed by atoms with E-state index in [-0.39, 0.29) is 5.78 Å². The van der Waals surface area contributed by atoms with Crippen LogP contribution in [0.5, 0.6) is 5.88 Å². The molecule has 0 aliphatic heterocycles. The third-order valence-corrected chi connectivity index (χ3v) is 2.71. The molecule has 92 valence electrons. The molecule has 0 N–H and O–H groups in total. The van der Waals surface area contributed by atoms with E-state index in [1.54, 1.807) is 31.8 Å². The van der Waals surface area contributed by atoms with Crippen molar-refractivity contribution in [2.45, 2.75) is 13.3 Å². The number of aryl methyl sites for hydroxylation is 1. The van der Waals surface area contributed by atoms with Gasteiger partial charge in [-0.2, -0.15) is 0 Å². The third-order valence-electron chi connectivity index (χ3n) is 2.71. The summed E-state index contributed by atoms with van der Waals surface area (Å²) in [4.78, 5) is 20.1. The lowest BCUT2D eigenvalue weighted by Crippen LogP contribution is -2.06. The van der Waals surface area contributed by atoms with E-state index in [1.165, 1.54) is 0 Å². The van der Waals surface area contributed by atoms with Gasteiger partial charge in [-0.25, -0.2) is 4.98 Å². The molecule has 0 saturated carbocycles. The monoisotopic (exact) mass is 242 g/mol. The van der Waals surface area contributed by atoms with Crippen LogP contribution in [-0.4, -0.2) is 22.9 Å². The second kappa shape index (κ2) is 5.40. The van der Waals surface area contributed by atoms with Crippen molar-refractivity contribution in [3.63, 3.8) is 0 Å². The lowest BCUT2D eigenvalue weighted by Gasteiger charge is -2.04. The molecule has 0 fully saturated rings. The van der Waals surface area contributed by atoms with Gasteiger partial charge < -0.3 is 4.74 Å². The zero-order chi connectivity index (χ0) is 13.0. The Bertz CT molecular complexity index is 550. The number of pyridine rings is 2. The van der Waals surface area contributed by atoms with Crippen LogP contribution >= 0.6 is 0 Å². The summed E-state index contributed by atoms with van der Waals surface area (Å²) in [5.41, 5.74) is 2.47. The van der Waals surface area contributed by atoms with E-state index in [0.29, 0.717) is 17.9 Å². The summed E-state index contributed by atoms with van der Waals surface area (Å²) < 4.78 is 4.97. The summed E-state index contributed by atoms with van der Waals surface area (Å²) in [6, 6.07) is 5.42. The number of carbonyl (C=O) groups is 1. The van der Waals surface area contributed by atoms with E-state index in [9.17, 15) is 4.79 Å². The van der Waals surface area contributed by atoms with Gasteiger partial charge in [0.05, 0.1) is 7.11 Å². The molecule has 0 saturated heterocycles. The van der Waals surface area contributed by atoms with Crippen LogP contribution in [0.1, 0.15) is 21.5 Å². The Hall–Kier alpha value is -2.23. The van der Waals surface area contributed by atoms with Crippen molar-refractivity contribution in [3.8, 4) is 5.88 Å². The number of hydrogen-bond acceptors (Lipinski definition) is 4. The Balaban J connectivity index is 2.14. The van der Waals surface area contributed by atoms with Gasteiger partial charge in [0.2, 0.25) is 5.88 Å². The van der Waals surface area contributed by atoms with Crippen molar-refractivity contribution < 1.29 is 9.53 Å². The standard InChI is InChI=1S/C14H14N2O2/c1-10-5-6-15-9-12(10)13(17)7-11-3-4-14(18-2)16-8-11/h3-6,8-9H,7H2,1-2H3. The van der Waals surface area contributed by atoms with Gasteiger partial charge in [0.25, 0.3) is 0 Å². The SMILES string of the molecule is COc1ccc(CC(=O)c2cnccc2C)cn1. The molecule has 4 nitrogen and oxygen atoms in total. The molecule has 2 aromatic rings. The van der Waals surface area contributed by atoms with Crippen molar-refractivity contribution in [1.82, 2.24) is 9.97 Å². The maximum Gasteiger partial charge on any atom is 0.212 e. The van der Waals surface area contributed by atoms with Gasteiger partial charge >= 0.3 is 0 Å². The summed E-state index contributed by atoms with van der Waals surface area (Å²) in [6.07, 6.45) is 5.27. The molecular formula is C14H14N2O2. The summed E-state index contributed by atoms with van der Waals surface area (Å²) >= 11 is 0. The molecular weight excluding hydrogens is 228 g/mol. The number of hydrogen-bond donors (Lipinski definition) is 0. The van der Waals surface area contributed by atoms with Crippen LogP contribution < -0.4 is 4.74 Å². The van der Waals surface area contributed by atoms with E-state index in [0.717, 1.165) is 11.1 Å². The Morgan fingerprint density at radius 1 is 1.28 bits per heavy atom. The summed E-state index contributed by atoms with van der Waals surface area (Å²) in [7, 11) is 1.56. The molecule has 2 heterocycles. The Kier molecular flexibility index (Phi) is 3.67. The molecule has 0 aliphatic rings. The number of nitrogens with zero attached hydrogens (tertiary/aromatic N) is 2. The fraction of sp³-hybridized carbons (Fsp3) is 0.214. The topological polar surface area (TPSA) is 52.1 Å². The highest BCUT2D eigenvalue weighted by molar-refractivity contribution is 5.98. The van der Waals surface area contributed by atoms with Gasteiger partial charge in [-0.3, -0.25) is 9.78 Å². The molecule has 0 spiro atoms. The summed E-state index contributed by atoms with van der Waals surface area (Å²) in [6.45, 7) is 1.90. The quantitative estimate of drug-likeness (QED) is 0.771. The van der Waals surface area contributed by atoms with Crippen LogP contribution in [0.3, 0.4) is 0 Å². The minimum Gasteiger partial charge on any atom is -0.481 e. The Labute approximate surface area is 106 Å². The van der Waals surface area contributed by atoms with Crippen molar-refractivity contribution in [2.24, 2.45) is 0 Å². The molecule has 0 bridgehead atoms. The van der Waals surface area contributed by atoms with Crippen LogP contribution in [0.2, 0.25) is 0 Å². The van der Waals surface area contributed by atoms with E-state index < -0.39 is 0 Å². The molecule has 2 rings (SSSR count). The van der Waals surface area contributed by atoms with Gasteiger partial charge in [-0.05, 0) is 24.1 Å². The number of carbonyl (C=O) groups excluding carboxylic acids is 1. The van der Waals surface area contributed by atoms with Crippen molar-refractivity contribution in [1.29, 1.82) is 0 Å². The minimum atomic E-state index is 0.0487. The zero-order valence-corrected chi connectivity index (χ0v) is 10.4. The van der Waals surface area contributed by atoms with Gasteiger partial charge in [0.15, 0.2) is 5.78 Å². The van der Waals surface area contributed by atoms with Crippen LogP contribution in [0.25, 0.3) is 0 Å². The zero-order valence-electron chi connectivity index (χ0n) is 10.4. The number of rotatable bonds is 4. The van der Waals surface area contributed by atoms with E-state index in [4.69, 9.17) is 4.74 Å². The maximum absolute atomic E-state index is 12.1. The van der Waals surface area contributed by atoms with E-state index >= 15 is 0 Å². The molecule has 0 aromatic carbocycles. The van der Waals surface area contributed by atoms with Crippen molar-refractivity contribution in [2.75, 3.05) is 7.11 Å². The van der Waals surface area contributed by atoms with Gasteiger partial charge in [-0.15, -0.1) is 0 Å². The second-order valence-corrected chi connectivity index (χ2v) is 4.00.